The summed E-state index contributed by atoms with van der Waals surface area (Å²) in [6.45, 7) is 5.91. The molecule has 6 nitrogen and oxygen atoms in total. The second-order valence-electron chi connectivity index (χ2n) is 7.78. The lowest BCUT2D eigenvalue weighted by atomic mass is 9.30. The summed E-state index contributed by atoms with van der Waals surface area (Å²) in [6.07, 6.45) is 2.13. The van der Waals surface area contributed by atoms with E-state index in [0.717, 1.165) is 7.11 Å². The average molecular weight is 498 g/mol. The number of halogens is 5. The van der Waals surface area contributed by atoms with E-state index in [0.29, 0.717) is 18.6 Å². The highest BCUT2D eigenvalue weighted by Gasteiger charge is 2.65. The molecule has 0 saturated carbocycles. The molecule has 1 saturated heterocycles. The van der Waals surface area contributed by atoms with Crippen molar-refractivity contribution in [2.45, 2.75) is 62.8 Å². The zero-order chi connectivity index (χ0) is 25.6. The molecule has 1 aromatic carbocycles. The predicted molar refractivity (Wildman–Crippen MR) is 117 cm³/mol. The Labute approximate surface area is 190 Å². The summed E-state index contributed by atoms with van der Waals surface area (Å²) < 4.78 is 74.6. The monoisotopic (exact) mass is 498 g/mol. The fourth-order valence-corrected chi connectivity index (χ4v) is 3.86. The van der Waals surface area contributed by atoms with Gasteiger partial charge in [-0.3, -0.25) is 4.79 Å². The molecule has 1 atom stereocenters. The van der Waals surface area contributed by atoms with Gasteiger partial charge in [0.05, 0.1) is 12.7 Å². The molecule has 0 aromatic heterocycles. The first-order valence-electron chi connectivity index (χ1n) is 10.3. The predicted octanol–water partition coefficient (Wildman–Crippen LogP) is 5.77. The van der Waals surface area contributed by atoms with Gasteiger partial charge in [-0.25, -0.2) is 10.1 Å². The van der Waals surface area contributed by atoms with Gasteiger partial charge in [0.1, 0.15) is 4.90 Å². The first-order chi connectivity index (χ1) is 15.1. The zero-order valence-electron chi connectivity index (χ0n) is 18.9. The van der Waals surface area contributed by atoms with Crippen LogP contribution in [0.25, 0.3) is 0 Å². The SMILES string of the molecule is CCC.CCCOC1(C(NC(=O)c2ccc(S(F)(F)(F)(F)F)cc2)C(=O)OC)CB(C#N)C1. The van der Waals surface area contributed by atoms with Gasteiger partial charge in [-0.2, -0.15) is 0 Å². The van der Waals surface area contributed by atoms with E-state index >= 15 is 0 Å². The molecule has 1 unspecified atom stereocenters. The lowest BCUT2D eigenvalue weighted by Gasteiger charge is -2.47. The van der Waals surface area contributed by atoms with Crippen molar-refractivity contribution in [3.8, 4) is 5.97 Å². The van der Waals surface area contributed by atoms with Crippen LogP contribution in [0.15, 0.2) is 29.2 Å². The van der Waals surface area contributed by atoms with Crippen LogP contribution in [0.5, 0.6) is 0 Å². The van der Waals surface area contributed by atoms with E-state index in [1.807, 2.05) is 12.9 Å². The molecule has 33 heavy (non-hydrogen) atoms. The van der Waals surface area contributed by atoms with E-state index in [-0.39, 0.29) is 36.9 Å². The number of carbonyl (C=O) groups is 2. The van der Waals surface area contributed by atoms with Crippen molar-refractivity contribution < 1.29 is 38.5 Å². The topological polar surface area (TPSA) is 88.4 Å². The highest BCUT2D eigenvalue weighted by molar-refractivity contribution is 8.45. The van der Waals surface area contributed by atoms with E-state index in [9.17, 15) is 29.0 Å². The Bertz CT molecular complexity index is 885. The number of ether oxygens (including phenoxy) is 2. The van der Waals surface area contributed by atoms with Gasteiger partial charge in [0.2, 0.25) is 0 Å². The lowest BCUT2D eigenvalue weighted by Crippen LogP contribution is -2.66. The molecule has 1 aliphatic rings. The summed E-state index contributed by atoms with van der Waals surface area (Å²) in [5.41, 5.74) is -1.57. The molecule has 0 radical (unpaired) electrons. The number of esters is 1. The van der Waals surface area contributed by atoms with Gasteiger partial charge >= 0.3 is 16.2 Å². The molecule has 0 spiro atoms. The Morgan fingerprint density at radius 2 is 1.67 bits per heavy atom. The molecular weight excluding hydrogens is 470 g/mol. The van der Waals surface area contributed by atoms with Crippen molar-refractivity contribution in [3.63, 3.8) is 0 Å². The second kappa shape index (κ2) is 9.89. The molecule has 0 bridgehead atoms. The summed E-state index contributed by atoms with van der Waals surface area (Å²) in [4.78, 5) is 22.7. The van der Waals surface area contributed by atoms with Crippen molar-refractivity contribution in [3.05, 3.63) is 29.8 Å². The number of rotatable bonds is 8. The van der Waals surface area contributed by atoms with Crippen molar-refractivity contribution >= 4 is 28.8 Å². The van der Waals surface area contributed by atoms with Gasteiger partial charge in [-0.05, 0) is 43.3 Å². The Morgan fingerprint density at radius 3 is 2.06 bits per heavy atom. The summed E-state index contributed by atoms with van der Waals surface area (Å²) in [5, 5.41) is 11.4. The highest BCUT2D eigenvalue weighted by Crippen LogP contribution is 3.02. The fraction of sp³-hybridized carbons (Fsp3) is 0.550. The molecule has 0 aliphatic carbocycles. The average Bonchev–Trinajstić information content (AvgIpc) is 2.70. The molecule has 1 amide bonds. The Balaban J connectivity index is 0.00000172. The van der Waals surface area contributed by atoms with Crippen molar-refractivity contribution in [1.29, 1.82) is 5.26 Å². The number of nitrogens with one attached hydrogen (secondary N) is 1. The van der Waals surface area contributed by atoms with Crippen molar-refractivity contribution in [1.82, 2.24) is 5.32 Å². The van der Waals surface area contributed by atoms with Gasteiger partial charge < -0.3 is 14.8 Å². The van der Waals surface area contributed by atoms with Crippen LogP contribution < -0.4 is 5.32 Å². The number of hydrogen-bond acceptors (Lipinski definition) is 5. The standard InChI is InChI=1S/C17H20BF5N2O4S.C3H8/c1-3-8-29-17(9-18(10-17)11-24)14(16(27)28-2)25-15(26)12-4-6-13(7-5-12)30(19,20,21,22)23;1-3-2/h4-7,14H,3,8-10H2,1-2H3,(H,25,26);3H2,1-2H3. The molecule has 2 rings (SSSR count). The first-order valence-corrected chi connectivity index (χ1v) is 12.3. The number of hydrogen-bond donors (Lipinski definition) is 1. The number of carbonyl (C=O) groups excluding carboxylic acids is 2. The zero-order valence-corrected chi connectivity index (χ0v) is 19.7. The van der Waals surface area contributed by atoms with Crippen LogP contribution in [0, 0.1) is 11.2 Å². The lowest BCUT2D eigenvalue weighted by molar-refractivity contribution is -0.153. The van der Waals surface area contributed by atoms with Crippen LogP contribution in [-0.2, 0) is 14.3 Å². The van der Waals surface area contributed by atoms with E-state index in [1.54, 1.807) is 0 Å². The molecule has 13 heteroatoms. The minimum Gasteiger partial charge on any atom is -0.467 e. The third kappa shape index (κ3) is 7.60. The van der Waals surface area contributed by atoms with Gasteiger partial charge in [0, 0.05) is 18.1 Å². The third-order valence-corrected chi connectivity index (χ3v) is 5.92. The quantitative estimate of drug-likeness (QED) is 0.279. The minimum absolute atomic E-state index is 0.113. The van der Waals surface area contributed by atoms with E-state index in [4.69, 9.17) is 14.7 Å². The Morgan fingerprint density at radius 1 is 1.15 bits per heavy atom. The molecule has 186 valence electrons. The van der Waals surface area contributed by atoms with Crippen molar-refractivity contribution in [2.24, 2.45) is 0 Å². The Hall–Kier alpha value is -2.33. The normalized spacial score (nSPS) is 17.6. The first kappa shape index (κ1) is 28.7. The molecule has 1 heterocycles. The molecular formula is C20H28BF5N2O4S. The summed E-state index contributed by atoms with van der Waals surface area (Å²) >= 11 is 0. The molecule has 1 aliphatic heterocycles. The molecule has 1 aromatic rings. The van der Waals surface area contributed by atoms with E-state index in [1.165, 1.54) is 6.42 Å². The maximum absolute atomic E-state index is 12.8. The maximum atomic E-state index is 12.8. The third-order valence-electron chi connectivity index (χ3n) is 4.76. The second-order valence-corrected chi connectivity index (χ2v) is 10.2. The number of amides is 1. The van der Waals surface area contributed by atoms with Crippen molar-refractivity contribution in [2.75, 3.05) is 13.7 Å². The molecule has 1 fully saturated rings. The molecule has 1 N–H and O–H groups in total. The van der Waals surface area contributed by atoms with Gasteiger partial charge in [0.25, 0.3) is 12.6 Å². The minimum atomic E-state index is -9.87. The summed E-state index contributed by atoms with van der Waals surface area (Å²) in [6, 6.07) is 0.0794. The maximum Gasteiger partial charge on any atom is 0.331 e. The van der Waals surface area contributed by atoms with Crippen LogP contribution in [-0.4, -0.2) is 43.9 Å². The van der Waals surface area contributed by atoms with Crippen LogP contribution in [0.3, 0.4) is 0 Å². The van der Waals surface area contributed by atoms with Gasteiger partial charge in [0.15, 0.2) is 6.04 Å². The largest absolute Gasteiger partial charge is 0.467 e. The number of methoxy groups -OCH3 is 1. The van der Waals surface area contributed by atoms with Gasteiger partial charge in [-0.1, -0.05) is 46.6 Å². The number of benzene rings is 1. The van der Waals surface area contributed by atoms with Crippen LogP contribution >= 0.6 is 10.2 Å². The smallest absolute Gasteiger partial charge is 0.331 e. The summed E-state index contributed by atoms with van der Waals surface area (Å²) in [5.74, 6) is 0.203. The van der Waals surface area contributed by atoms with Crippen LogP contribution in [0.1, 0.15) is 44.0 Å². The summed E-state index contributed by atoms with van der Waals surface area (Å²) in [7, 11) is -8.79. The number of nitriles is 1. The fourth-order valence-electron chi connectivity index (χ4n) is 3.21. The van der Waals surface area contributed by atoms with Crippen LogP contribution in [0.2, 0.25) is 12.6 Å². The Kier molecular flexibility index (Phi) is 8.60. The highest BCUT2D eigenvalue weighted by atomic mass is 32.5. The van der Waals surface area contributed by atoms with Crippen LogP contribution in [0.4, 0.5) is 19.4 Å². The number of nitrogens with zero attached hydrogens (tertiary/aromatic N) is 1. The van der Waals surface area contributed by atoms with E-state index < -0.39 is 45.4 Å². The van der Waals surface area contributed by atoms with Gasteiger partial charge in [-0.15, -0.1) is 0 Å². The van der Waals surface area contributed by atoms with E-state index in [2.05, 4.69) is 19.2 Å².